The van der Waals surface area contributed by atoms with Crippen LogP contribution in [0.4, 0.5) is 0 Å². The van der Waals surface area contributed by atoms with Gasteiger partial charge in [-0.05, 0) is 65.1 Å². The van der Waals surface area contributed by atoms with Gasteiger partial charge in [-0.2, -0.15) is 5.10 Å². The number of nitrogens with one attached hydrogen (secondary N) is 2. The largest absolute Gasteiger partial charge is 0.356 e. The Kier molecular flexibility index (Phi) is 9.20. The Labute approximate surface area is 169 Å². The molecule has 2 N–H and O–H groups in total. The van der Waals surface area contributed by atoms with Gasteiger partial charge >= 0.3 is 0 Å². The number of guanidine groups is 1. The fraction of sp³-hybridized carbons (Fsp3) is 0.778. The van der Waals surface area contributed by atoms with Gasteiger partial charge in [-0.3, -0.25) is 9.67 Å². The maximum Gasteiger partial charge on any atom is 0.191 e. The zero-order chi connectivity index (χ0) is 17.7. The summed E-state index contributed by atoms with van der Waals surface area (Å²) in [5, 5.41) is 11.5. The molecule has 0 spiro atoms. The van der Waals surface area contributed by atoms with E-state index < -0.39 is 0 Å². The molecule has 1 fully saturated rings. The third-order valence-corrected chi connectivity index (χ3v) is 5.06. The average Bonchev–Trinajstić information content (AvgIpc) is 2.78. The Morgan fingerprint density at radius 2 is 2.08 bits per heavy atom. The van der Waals surface area contributed by atoms with Gasteiger partial charge in [0.05, 0.1) is 5.69 Å². The molecule has 7 heteroatoms. The number of aliphatic imine (C=N–C) groups is 1. The number of aryl methyl sites for hydroxylation is 2. The fourth-order valence-corrected chi connectivity index (χ4v) is 3.58. The Bertz CT molecular complexity index is 568. The van der Waals surface area contributed by atoms with Crippen LogP contribution in [0.3, 0.4) is 0 Å². The van der Waals surface area contributed by atoms with E-state index in [4.69, 9.17) is 0 Å². The molecule has 1 aliphatic rings. The number of nitrogens with zero attached hydrogens (tertiary/aromatic N) is 4. The van der Waals surface area contributed by atoms with E-state index in [0.29, 0.717) is 12.0 Å². The van der Waals surface area contributed by atoms with Crippen LogP contribution in [0.15, 0.2) is 4.99 Å². The van der Waals surface area contributed by atoms with Crippen LogP contribution in [-0.4, -0.2) is 60.4 Å². The number of piperidine rings is 1. The molecule has 2 atom stereocenters. The van der Waals surface area contributed by atoms with Crippen LogP contribution in [0, 0.1) is 19.8 Å². The number of likely N-dealkylation sites (tertiary alicyclic amines) is 1. The molecular formula is C18H35IN6. The van der Waals surface area contributed by atoms with E-state index in [9.17, 15) is 0 Å². The molecule has 2 rings (SSSR count). The minimum absolute atomic E-state index is 0. The second kappa shape index (κ2) is 10.4. The Morgan fingerprint density at radius 1 is 1.36 bits per heavy atom. The van der Waals surface area contributed by atoms with Crippen molar-refractivity contribution in [3.05, 3.63) is 17.0 Å². The summed E-state index contributed by atoms with van der Waals surface area (Å²) in [6, 6.07) is 0.312. The third kappa shape index (κ3) is 6.44. The highest BCUT2D eigenvalue weighted by molar-refractivity contribution is 14.0. The first-order valence-electron chi connectivity index (χ1n) is 9.05. The molecule has 1 saturated heterocycles. The van der Waals surface area contributed by atoms with Gasteiger partial charge in [0.15, 0.2) is 5.96 Å². The topological polar surface area (TPSA) is 57.5 Å². The summed E-state index contributed by atoms with van der Waals surface area (Å²) < 4.78 is 1.96. The molecule has 0 radical (unpaired) electrons. The minimum atomic E-state index is 0. The molecule has 1 aromatic rings. The SMILES string of the molecule is CN=C(NCC1CCCN(C)C1)NC(C)Cc1c(C)nn(C)c1C.I. The predicted octanol–water partition coefficient (Wildman–Crippen LogP) is 2.09. The van der Waals surface area contributed by atoms with Gasteiger partial charge in [0.25, 0.3) is 0 Å². The van der Waals surface area contributed by atoms with Crippen molar-refractivity contribution in [3.63, 3.8) is 0 Å². The second-order valence-corrected chi connectivity index (χ2v) is 7.25. The molecule has 0 aromatic carbocycles. The van der Waals surface area contributed by atoms with Crippen molar-refractivity contribution in [2.75, 3.05) is 33.7 Å². The molecule has 6 nitrogen and oxygen atoms in total. The molecule has 0 aliphatic carbocycles. The Balaban J connectivity index is 0.00000312. The summed E-state index contributed by atoms with van der Waals surface area (Å²) in [7, 11) is 6.06. The molecule has 1 aromatic heterocycles. The van der Waals surface area contributed by atoms with Gasteiger partial charge in [-0.15, -0.1) is 24.0 Å². The van der Waals surface area contributed by atoms with Gasteiger partial charge in [-0.1, -0.05) is 0 Å². The minimum Gasteiger partial charge on any atom is -0.356 e. The van der Waals surface area contributed by atoms with Gasteiger partial charge in [-0.25, -0.2) is 0 Å². The molecule has 0 saturated carbocycles. The smallest absolute Gasteiger partial charge is 0.191 e. The van der Waals surface area contributed by atoms with Gasteiger partial charge in [0.1, 0.15) is 0 Å². The quantitative estimate of drug-likeness (QED) is 0.400. The maximum atomic E-state index is 4.51. The van der Waals surface area contributed by atoms with E-state index in [0.717, 1.165) is 24.6 Å². The molecule has 25 heavy (non-hydrogen) atoms. The summed E-state index contributed by atoms with van der Waals surface area (Å²) in [5.74, 6) is 1.61. The highest BCUT2D eigenvalue weighted by Crippen LogP contribution is 2.15. The van der Waals surface area contributed by atoms with E-state index in [2.05, 4.69) is 53.4 Å². The normalized spacial score (nSPS) is 20.1. The van der Waals surface area contributed by atoms with E-state index in [1.807, 2.05) is 18.8 Å². The van der Waals surface area contributed by atoms with Crippen LogP contribution in [-0.2, 0) is 13.5 Å². The lowest BCUT2D eigenvalue weighted by atomic mass is 9.98. The first-order valence-corrected chi connectivity index (χ1v) is 9.05. The van der Waals surface area contributed by atoms with Crippen LogP contribution in [0.5, 0.6) is 0 Å². The van der Waals surface area contributed by atoms with E-state index >= 15 is 0 Å². The van der Waals surface area contributed by atoms with Crippen molar-refractivity contribution >= 4 is 29.9 Å². The highest BCUT2D eigenvalue weighted by Gasteiger charge is 2.18. The molecule has 0 amide bonds. The van der Waals surface area contributed by atoms with Crippen molar-refractivity contribution in [3.8, 4) is 0 Å². The van der Waals surface area contributed by atoms with Gasteiger partial charge in [0, 0.05) is 38.9 Å². The van der Waals surface area contributed by atoms with E-state index in [1.54, 1.807) is 0 Å². The summed E-state index contributed by atoms with van der Waals surface area (Å²) in [5.41, 5.74) is 3.70. The number of aromatic nitrogens is 2. The molecular weight excluding hydrogens is 427 g/mol. The fourth-order valence-electron chi connectivity index (χ4n) is 3.58. The van der Waals surface area contributed by atoms with E-state index in [-0.39, 0.29) is 24.0 Å². The van der Waals surface area contributed by atoms with Gasteiger partial charge in [0.2, 0.25) is 0 Å². The Morgan fingerprint density at radius 3 is 2.64 bits per heavy atom. The molecule has 0 bridgehead atoms. The lowest BCUT2D eigenvalue weighted by Crippen LogP contribution is -2.46. The monoisotopic (exact) mass is 462 g/mol. The van der Waals surface area contributed by atoms with Crippen molar-refractivity contribution in [2.45, 2.75) is 46.1 Å². The lowest BCUT2D eigenvalue weighted by Gasteiger charge is -2.30. The zero-order valence-corrected chi connectivity index (χ0v) is 18.9. The molecule has 1 aliphatic heterocycles. The Hall–Kier alpha value is -0.830. The van der Waals surface area contributed by atoms with Crippen LogP contribution >= 0.6 is 24.0 Å². The maximum absolute atomic E-state index is 4.51. The number of hydrogen-bond acceptors (Lipinski definition) is 3. The van der Waals surface area contributed by atoms with E-state index in [1.165, 1.54) is 37.2 Å². The molecule has 2 heterocycles. The molecule has 144 valence electrons. The second-order valence-electron chi connectivity index (χ2n) is 7.25. The predicted molar refractivity (Wildman–Crippen MR) is 116 cm³/mol. The molecule has 2 unspecified atom stereocenters. The van der Waals surface area contributed by atoms with Gasteiger partial charge < -0.3 is 15.5 Å². The highest BCUT2D eigenvalue weighted by atomic mass is 127. The zero-order valence-electron chi connectivity index (χ0n) is 16.6. The number of halogens is 1. The lowest BCUT2D eigenvalue weighted by molar-refractivity contribution is 0.210. The van der Waals surface area contributed by atoms with Crippen molar-refractivity contribution in [1.29, 1.82) is 0 Å². The number of hydrogen-bond donors (Lipinski definition) is 2. The third-order valence-electron chi connectivity index (χ3n) is 5.06. The van der Waals surface area contributed by atoms with Crippen LogP contribution in [0.25, 0.3) is 0 Å². The first-order chi connectivity index (χ1) is 11.4. The standard InChI is InChI=1S/C18H34N6.HI/c1-13(10-17-14(2)22-24(6)15(17)3)21-18(19-4)20-11-16-8-7-9-23(5)12-16;/h13,16H,7-12H2,1-6H3,(H2,19,20,21);1H. The average molecular weight is 462 g/mol. The van der Waals surface area contributed by atoms with Crippen LogP contribution in [0.1, 0.15) is 36.7 Å². The number of rotatable bonds is 5. The summed E-state index contributed by atoms with van der Waals surface area (Å²) in [6.07, 6.45) is 3.56. The summed E-state index contributed by atoms with van der Waals surface area (Å²) in [6.45, 7) is 9.81. The van der Waals surface area contributed by atoms with Crippen LogP contribution < -0.4 is 10.6 Å². The van der Waals surface area contributed by atoms with Crippen molar-refractivity contribution < 1.29 is 0 Å². The van der Waals surface area contributed by atoms with Crippen molar-refractivity contribution in [2.24, 2.45) is 18.0 Å². The summed E-state index contributed by atoms with van der Waals surface area (Å²) >= 11 is 0. The summed E-state index contributed by atoms with van der Waals surface area (Å²) in [4.78, 5) is 6.80. The first kappa shape index (κ1) is 22.2. The van der Waals surface area contributed by atoms with Crippen LogP contribution in [0.2, 0.25) is 0 Å². The van der Waals surface area contributed by atoms with Crippen molar-refractivity contribution in [1.82, 2.24) is 25.3 Å².